The molecule has 1 atom stereocenters. The Balaban J connectivity index is 1.38. The van der Waals surface area contributed by atoms with Crippen LogP contribution in [0.25, 0.3) is 0 Å². The summed E-state index contributed by atoms with van der Waals surface area (Å²) in [4.78, 5) is 19.1. The zero-order valence-electron chi connectivity index (χ0n) is 17.0. The Kier molecular flexibility index (Phi) is 4.70. The molecule has 0 aromatic carbocycles. The maximum absolute atomic E-state index is 12.3. The van der Waals surface area contributed by atoms with E-state index in [2.05, 4.69) is 34.2 Å². The van der Waals surface area contributed by atoms with Crippen LogP contribution < -0.4 is 5.32 Å². The molecule has 1 aliphatic carbocycles. The second-order valence-electron chi connectivity index (χ2n) is 8.99. The van der Waals surface area contributed by atoms with Crippen LogP contribution in [0.3, 0.4) is 0 Å². The first-order valence-electron chi connectivity index (χ1n) is 10.2. The van der Waals surface area contributed by atoms with E-state index in [1.54, 1.807) is 0 Å². The number of hydrogen-bond acceptors (Lipinski definition) is 5. The minimum atomic E-state index is -0.436. The fourth-order valence-electron chi connectivity index (χ4n) is 4.39. The van der Waals surface area contributed by atoms with Crippen LogP contribution in [-0.2, 0) is 4.74 Å². The van der Waals surface area contributed by atoms with Crippen LogP contribution in [0.15, 0.2) is 34.7 Å². The van der Waals surface area contributed by atoms with Gasteiger partial charge in [0.25, 0.3) is 0 Å². The van der Waals surface area contributed by atoms with Crippen molar-refractivity contribution in [1.82, 2.24) is 20.0 Å². The minimum absolute atomic E-state index is 0.195. The van der Waals surface area contributed by atoms with Crippen molar-refractivity contribution in [1.29, 1.82) is 0 Å². The van der Waals surface area contributed by atoms with E-state index in [9.17, 15) is 4.79 Å². The van der Waals surface area contributed by atoms with Crippen molar-refractivity contribution in [2.45, 2.75) is 45.8 Å². The third-order valence-electron chi connectivity index (χ3n) is 5.82. The molecule has 2 fully saturated rings. The number of nitrogens with zero attached hydrogens (tertiary/aromatic N) is 3. The average molecular weight is 373 g/mol. The van der Waals surface area contributed by atoms with Gasteiger partial charge in [0.15, 0.2) is 0 Å². The van der Waals surface area contributed by atoms with Crippen molar-refractivity contribution in [3.05, 3.63) is 34.7 Å². The summed E-state index contributed by atoms with van der Waals surface area (Å²) in [7, 11) is 0. The maximum atomic E-state index is 12.3. The summed E-state index contributed by atoms with van der Waals surface area (Å²) in [5, 5.41) is 3.54. The third-order valence-corrected chi connectivity index (χ3v) is 5.82. The Bertz CT molecular complexity index is 708. The van der Waals surface area contributed by atoms with Crippen molar-refractivity contribution in [2.75, 3.05) is 45.8 Å². The molecule has 1 N–H and O–H groups in total. The predicted octanol–water partition coefficient (Wildman–Crippen LogP) is 2.31. The van der Waals surface area contributed by atoms with Gasteiger partial charge >= 0.3 is 6.09 Å². The van der Waals surface area contributed by atoms with Crippen LogP contribution in [0.5, 0.6) is 0 Å². The number of hydrogen-bond donors (Lipinski definition) is 1. The Hall–Kier alpha value is -1.95. The predicted molar refractivity (Wildman–Crippen MR) is 106 cm³/mol. The second-order valence-corrected chi connectivity index (χ2v) is 8.99. The lowest BCUT2D eigenvalue weighted by molar-refractivity contribution is 0.0171. The average Bonchev–Trinajstić information content (AvgIpc) is 3.00. The number of piperazine rings is 2. The van der Waals surface area contributed by atoms with Crippen molar-refractivity contribution in [3.8, 4) is 0 Å². The van der Waals surface area contributed by atoms with E-state index in [4.69, 9.17) is 4.74 Å². The molecule has 0 bridgehead atoms. The van der Waals surface area contributed by atoms with Gasteiger partial charge in [0.1, 0.15) is 5.60 Å². The van der Waals surface area contributed by atoms with Crippen LogP contribution in [0.4, 0.5) is 4.79 Å². The Morgan fingerprint density at radius 3 is 2.67 bits per heavy atom. The topological polar surface area (TPSA) is 48.1 Å². The van der Waals surface area contributed by atoms with Crippen molar-refractivity contribution in [3.63, 3.8) is 0 Å². The summed E-state index contributed by atoms with van der Waals surface area (Å²) in [5.41, 5.74) is 5.37. The van der Waals surface area contributed by atoms with E-state index in [0.717, 1.165) is 52.2 Å². The molecule has 0 aromatic rings. The number of ether oxygens (including phenoxy) is 1. The van der Waals surface area contributed by atoms with Gasteiger partial charge in [-0.3, -0.25) is 0 Å². The molecule has 6 nitrogen and oxygen atoms in total. The van der Waals surface area contributed by atoms with Crippen molar-refractivity contribution in [2.24, 2.45) is 0 Å². The van der Waals surface area contributed by atoms with Crippen molar-refractivity contribution >= 4 is 6.09 Å². The van der Waals surface area contributed by atoms with Gasteiger partial charge in [0, 0.05) is 63.2 Å². The fourth-order valence-corrected chi connectivity index (χ4v) is 4.39. The summed E-state index contributed by atoms with van der Waals surface area (Å²) in [6.07, 6.45) is 5.56. The van der Waals surface area contributed by atoms with Gasteiger partial charge in [-0.25, -0.2) is 4.79 Å². The molecule has 3 aliphatic heterocycles. The summed E-state index contributed by atoms with van der Waals surface area (Å²) >= 11 is 0. The van der Waals surface area contributed by atoms with Gasteiger partial charge in [-0.1, -0.05) is 6.08 Å². The van der Waals surface area contributed by atoms with E-state index in [1.165, 1.54) is 22.5 Å². The molecular weight excluding hydrogens is 340 g/mol. The normalized spacial score (nSPS) is 25.8. The van der Waals surface area contributed by atoms with Crippen LogP contribution in [0, 0.1) is 0 Å². The van der Waals surface area contributed by atoms with Crippen LogP contribution >= 0.6 is 0 Å². The van der Waals surface area contributed by atoms with Gasteiger partial charge in [-0.05, 0) is 51.3 Å². The molecule has 6 heteroatoms. The number of allylic oxidation sites excluding steroid dienone is 2. The quantitative estimate of drug-likeness (QED) is 0.765. The zero-order chi connectivity index (χ0) is 19.2. The molecule has 4 aliphatic rings. The van der Waals surface area contributed by atoms with Gasteiger partial charge in [0.05, 0.1) is 0 Å². The highest BCUT2D eigenvalue weighted by atomic mass is 16.6. The maximum Gasteiger partial charge on any atom is 0.410 e. The molecule has 0 saturated carbocycles. The molecule has 2 saturated heterocycles. The smallest absolute Gasteiger partial charge is 0.410 e. The summed E-state index contributed by atoms with van der Waals surface area (Å²) in [6.45, 7) is 14.3. The molecule has 0 unspecified atom stereocenters. The van der Waals surface area contributed by atoms with Crippen LogP contribution in [0.2, 0.25) is 0 Å². The number of fused-ring (bicyclic) bond motifs is 2. The second kappa shape index (κ2) is 6.89. The van der Waals surface area contributed by atoms with E-state index in [-0.39, 0.29) is 6.09 Å². The largest absolute Gasteiger partial charge is 0.444 e. The third kappa shape index (κ3) is 3.72. The highest BCUT2D eigenvalue weighted by Gasteiger charge is 2.34. The van der Waals surface area contributed by atoms with Gasteiger partial charge < -0.3 is 24.8 Å². The monoisotopic (exact) mass is 372 g/mol. The standard InChI is InChI=1S/C21H32N4O2/c1-15-12-22-13-19-18-6-5-17(11-16(18)14-25(15)19)23-7-9-24(10-8-23)20(26)27-21(2,3)4/h5,11,15,22H,6-10,12-14H2,1-4H3/t15-/m1/s1. The molecule has 148 valence electrons. The Labute approximate surface area is 162 Å². The molecule has 1 amide bonds. The first-order valence-corrected chi connectivity index (χ1v) is 10.2. The Morgan fingerprint density at radius 1 is 1.22 bits per heavy atom. The first kappa shape index (κ1) is 18.4. The molecular formula is C21H32N4O2. The van der Waals surface area contributed by atoms with Gasteiger partial charge in [-0.15, -0.1) is 0 Å². The lowest BCUT2D eigenvalue weighted by atomic mass is 9.96. The SMILES string of the molecule is C[C@@H]1CNCC2=C3CC=C(N4CCN(C(=O)OC(C)(C)C)CC4)C=C3CN21. The van der Waals surface area contributed by atoms with Crippen LogP contribution in [-0.4, -0.2) is 78.2 Å². The molecule has 0 aromatic heterocycles. The van der Waals surface area contributed by atoms with Gasteiger partial charge in [0.2, 0.25) is 0 Å². The molecule has 3 heterocycles. The summed E-state index contributed by atoms with van der Waals surface area (Å²) in [6, 6.07) is 0.563. The van der Waals surface area contributed by atoms with Gasteiger partial charge in [-0.2, -0.15) is 0 Å². The number of amides is 1. The Morgan fingerprint density at radius 2 is 1.96 bits per heavy atom. The van der Waals surface area contributed by atoms with E-state index < -0.39 is 5.60 Å². The fraction of sp³-hybridized carbons (Fsp3) is 0.667. The van der Waals surface area contributed by atoms with E-state index in [0.29, 0.717) is 6.04 Å². The van der Waals surface area contributed by atoms with Crippen LogP contribution in [0.1, 0.15) is 34.1 Å². The van der Waals surface area contributed by atoms with E-state index >= 15 is 0 Å². The lowest BCUT2D eigenvalue weighted by Gasteiger charge is -2.38. The molecule has 4 rings (SSSR count). The number of nitrogens with one attached hydrogen (secondary N) is 1. The lowest BCUT2D eigenvalue weighted by Crippen LogP contribution is -2.49. The summed E-state index contributed by atoms with van der Waals surface area (Å²) in [5.74, 6) is 0. The van der Waals surface area contributed by atoms with Crippen molar-refractivity contribution < 1.29 is 9.53 Å². The highest BCUT2D eigenvalue weighted by Crippen LogP contribution is 2.37. The first-order chi connectivity index (χ1) is 12.8. The highest BCUT2D eigenvalue weighted by molar-refractivity contribution is 5.68. The number of carbonyl (C=O) groups excluding carboxylic acids is 1. The summed E-state index contributed by atoms with van der Waals surface area (Å²) < 4.78 is 5.50. The minimum Gasteiger partial charge on any atom is -0.444 e. The molecule has 0 spiro atoms. The molecule has 0 radical (unpaired) electrons. The zero-order valence-corrected chi connectivity index (χ0v) is 17.0. The number of carbonyl (C=O) groups is 1. The van der Waals surface area contributed by atoms with E-state index in [1.807, 2.05) is 25.7 Å². The molecule has 27 heavy (non-hydrogen) atoms. The number of rotatable bonds is 1.